The Balaban J connectivity index is 1.57. The van der Waals surface area contributed by atoms with Gasteiger partial charge in [0.25, 0.3) is 11.5 Å². The highest BCUT2D eigenvalue weighted by Crippen LogP contribution is 2.23. The maximum atomic E-state index is 13.3. The van der Waals surface area contributed by atoms with E-state index < -0.39 is 0 Å². The van der Waals surface area contributed by atoms with E-state index in [2.05, 4.69) is 15.5 Å². The minimum atomic E-state index is -0.339. The molecule has 0 aliphatic carbocycles. The van der Waals surface area contributed by atoms with Gasteiger partial charge in [-0.05, 0) is 49.4 Å². The summed E-state index contributed by atoms with van der Waals surface area (Å²) in [5.74, 6) is 0.383. The van der Waals surface area contributed by atoms with E-state index in [0.29, 0.717) is 44.7 Å². The molecule has 0 spiro atoms. The van der Waals surface area contributed by atoms with Crippen molar-refractivity contribution < 1.29 is 9.53 Å². The number of aromatic nitrogens is 2. The lowest BCUT2D eigenvalue weighted by molar-refractivity contribution is -0.118. The summed E-state index contributed by atoms with van der Waals surface area (Å²) in [5, 5.41) is 5.40. The summed E-state index contributed by atoms with van der Waals surface area (Å²) < 4.78 is 7.00. The van der Waals surface area contributed by atoms with Crippen LogP contribution in [0.1, 0.15) is 12.5 Å². The molecule has 4 aromatic rings. The number of carbonyl (C=O) groups is 1. The van der Waals surface area contributed by atoms with Crippen LogP contribution in [0.2, 0.25) is 5.02 Å². The van der Waals surface area contributed by atoms with Crippen molar-refractivity contribution >= 4 is 46.4 Å². The second kappa shape index (κ2) is 11.0. The molecule has 0 unspecified atom stereocenters. The Bertz CT molecular complexity index is 1400. The van der Waals surface area contributed by atoms with E-state index in [1.54, 1.807) is 54.6 Å². The number of nitrogens with zero attached hydrogens (tertiary/aromatic N) is 3. The highest BCUT2D eigenvalue weighted by Gasteiger charge is 2.15. The van der Waals surface area contributed by atoms with E-state index in [0.717, 1.165) is 11.8 Å². The van der Waals surface area contributed by atoms with Gasteiger partial charge in [-0.3, -0.25) is 14.2 Å². The van der Waals surface area contributed by atoms with Crippen molar-refractivity contribution in [3.63, 3.8) is 0 Å². The molecule has 0 aliphatic rings. The lowest BCUT2D eigenvalue weighted by Gasteiger charge is -2.13. The number of hydrogen-bond acceptors (Lipinski definition) is 6. The molecule has 172 valence electrons. The van der Waals surface area contributed by atoms with Gasteiger partial charge in [0.2, 0.25) is 0 Å². The summed E-state index contributed by atoms with van der Waals surface area (Å²) in [7, 11) is 0. The zero-order valence-electron chi connectivity index (χ0n) is 18.3. The highest BCUT2D eigenvalue weighted by atomic mass is 35.5. The number of nitrogens with one attached hydrogen (secondary N) is 1. The zero-order chi connectivity index (χ0) is 23.9. The van der Waals surface area contributed by atoms with Crippen LogP contribution in [0.15, 0.2) is 87.8 Å². The number of amides is 1. The Hall–Kier alpha value is -3.62. The topological polar surface area (TPSA) is 85.6 Å². The zero-order valence-corrected chi connectivity index (χ0v) is 19.8. The SMILES string of the molecule is CCOc1ccc(-n2c(SCC(=O)NN=Cc3ccccc3Cl)nc3ccccc3c2=O)cc1. The average Bonchev–Trinajstić information content (AvgIpc) is 2.85. The number of fused-ring (bicyclic) bond motifs is 1. The maximum Gasteiger partial charge on any atom is 0.266 e. The number of rotatable bonds is 8. The Morgan fingerprint density at radius 3 is 2.62 bits per heavy atom. The number of hydrazone groups is 1. The number of ether oxygens (including phenoxy) is 1. The monoisotopic (exact) mass is 492 g/mol. The van der Waals surface area contributed by atoms with Crippen LogP contribution < -0.4 is 15.7 Å². The van der Waals surface area contributed by atoms with Gasteiger partial charge in [0.1, 0.15) is 5.75 Å². The van der Waals surface area contributed by atoms with E-state index in [1.165, 1.54) is 10.8 Å². The Morgan fingerprint density at radius 2 is 1.85 bits per heavy atom. The lowest BCUT2D eigenvalue weighted by Crippen LogP contribution is -2.24. The average molecular weight is 493 g/mol. The molecule has 1 N–H and O–H groups in total. The number of para-hydroxylation sites is 1. The van der Waals surface area contributed by atoms with Gasteiger partial charge in [-0.2, -0.15) is 5.10 Å². The molecule has 7 nitrogen and oxygen atoms in total. The van der Waals surface area contributed by atoms with Crippen molar-refractivity contribution in [2.45, 2.75) is 12.1 Å². The van der Waals surface area contributed by atoms with Crippen LogP contribution in [-0.2, 0) is 4.79 Å². The third-order valence-corrected chi connectivity index (χ3v) is 6.06. The molecule has 0 radical (unpaired) electrons. The second-order valence-electron chi connectivity index (χ2n) is 7.08. The first-order chi connectivity index (χ1) is 16.6. The molecule has 0 aliphatic heterocycles. The first kappa shape index (κ1) is 23.5. The predicted octanol–water partition coefficient (Wildman–Crippen LogP) is 4.68. The van der Waals surface area contributed by atoms with Crippen LogP contribution in [0.25, 0.3) is 16.6 Å². The lowest BCUT2D eigenvalue weighted by atomic mass is 10.2. The van der Waals surface area contributed by atoms with Gasteiger partial charge in [-0.15, -0.1) is 0 Å². The summed E-state index contributed by atoms with van der Waals surface area (Å²) in [6, 6.07) is 21.5. The number of halogens is 1. The van der Waals surface area contributed by atoms with Crippen LogP contribution in [0.5, 0.6) is 5.75 Å². The van der Waals surface area contributed by atoms with Crippen LogP contribution >= 0.6 is 23.4 Å². The van der Waals surface area contributed by atoms with Crippen molar-refractivity contribution in [3.05, 3.63) is 93.7 Å². The fourth-order valence-electron chi connectivity index (χ4n) is 3.21. The van der Waals surface area contributed by atoms with Gasteiger partial charge < -0.3 is 4.74 Å². The Morgan fingerprint density at radius 1 is 1.12 bits per heavy atom. The third kappa shape index (κ3) is 5.47. The van der Waals surface area contributed by atoms with Crippen molar-refractivity contribution in [1.29, 1.82) is 0 Å². The number of benzene rings is 3. The van der Waals surface area contributed by atoms with Gasteiger partial charge in [0.05, 0.1) is 35.2 Å². The molecular formula is C25H21ClN4O3S. The van der Waals surface area contributed by atoms with Crippen LogP contribution in [0.4, 0.5) is 0 Å². The molecule has 9 heteroatoms. The molecule has 4 rings (SSSR count). The molecule has 1 heterocycles. The first-order valence-corrected chi connectivity index (χ1v) is 11.9. The largest absolute Gasteiger partial charge is 0.494 e. The smallest absolute Gasteiger partial charge is 0.266 e. The summed E-state index contributed by atoms with van der Waals surface area (Å²) in [5.41, 5.74) is 4.15. The fourth-order valence-corrected chi connectivity index (χ4v) is 4.20. The molecule has 0 atom stereocenters. The maximum absolute atomic E-state index is 13.3. The third-order valence-electron chi connectivity index (χ3n) is 4.78. The summed E-state index contributed by atoms with van der Waals surface area (Å²) >= 11 is 7.24. The predicted molar refractivity (Wildman–Crippen MR) is 136 cm³/mol. The van der Waals surface area contributed by atoms with E-state index in [-0.39, 0.29) is 17.2 Å². The molecular weight excluding hydrogens is 472 g/mol. The summed E-state index contributed by atoms with van der Waals surface area (Å²) in [6.45, 7) is 2.45. The van der Waals surface area contributed by atoms with Gasteiger partial charge in [0, 0.05) is 10.6 Å². The quantitative estimate of drug-likeness (QED) is 0.167. The van der Waals surface area contributed by atoms with Crippen molar-refractivity contribution in [1.82, 2.24) is 15.0 Å². The standard InChI is InChI=1S/C25H21ClN4O3S/c1-2-33-19-13-11-18(12-14-19)30-24(32)20-8-4-6-10-22(20)28-25(30)34-16-23(31)29-27-15-17-7-3-5-9-21(17)26/h3-15H,2,16H2,1H3,(H,29,31). The molecule has 0 bridgehead atoms. The second-order valence-corrected chi connectivity index (χ2v) is 8.43. The molecule has 1 aromatic heterocycles. The van der Waals surface area contributed by atoms with Gasteiger partial charge in [-0.25, -0.2) is 10.4 Å². The summed E-state index contributed by atoms with van der Waals surface area (Å²) in [4.78, 5) is 30.3. The fraction of sp³-hybridized carbons (Fsp3) is 0.120. The molecule has 3 aromatic carbocycles. The van der Waals surface area contributed by atoms with E-state index in [1.807, 2.05) is 25.1 Å². The minimum Gasteiger partial charge on any atom is -0.494 e. The highest BCUT2D eigenvalue weighted by molar-refractivity contribution is 7.99. The molecule has 1 amide bonds. The van der Waals surface area contributed by atoms with Crippen molar-refractivity contribution in [3.8, 4) is 11.4 Å². The van der Waals surface area contributed by atoms with Gasteiger partial charge in [0.15, 0.2) is 5.16 Å². The van der Waals surface area contributed by atoms with Crippen LogP contribution in [0, 0.1) is 0 Å². The number of carbonyl (C=O) groups excluding carboxylic acids is 1. The van der Waals surface area contributed by atoms with Crippen LogP contribution in [0.3, 0.4) is 0 Å². The van der Waals surface area contributed by atoms with E-state index >= 15 is 0 Å². The Labute approximate surface area is 205 Å². The molecule has 0 saturated carbocycles. The van der Waals surface area contributed by atoms with Crippen molar-refractivity contribution in [2.75, 3.05) is 12.4 Å². The minimum absolute atomic E-state index is 0.0155. The summed E-state index contributed by atoms with van der Waals surface area (Å²) in [6.07, 6.45) is 1.48. The van der Waals surface area contributed by atoms with Gasteiger partial charge >= 0.3 is 0 Å². The number of hydrogen-bond donors (Lipinski definition) is 1. The molecule has 34 heavy (non-hydrogen) atoms. The first-order valence-electron chi connectivity index (χ1n) is 10.5. The normalized spacial score (nSPS) is 11.1. The van der Waals surface area contributed by atoms with Crippen LogP contribution in [-0.4, -0.2) is 34.0 Å². The molecule has 0 fully saturated rings. The van der Waals surface area contributed by atoms with Gasteiger partial charge in [-0.1, -0.05) is 53.7 Å². The van der Waals surface area contributed by atoms with Crippen molar-refractivity contribution in [2.24, 2.45) is 5.10 Å². The van der Waals surface area contributed by atoms with E-state index in [4.69, 9.17) is 16.3 Å². The molecule has 0 saturated heterocycles. The number of thioether (sulfide) groups is 1. The van der Waals surface area contributed by atoms with E-state index in [9.17, 15) is 9.59 Å². The Kier molecular flexibility index (Phi) is 7.61.